The first-order valence-electron chi connectivity index (χ1n) is 12.9. The Morgan fingerprint density at radius 3 is 2.59 bits per heavy atom. The van der Waals surface area contributed by atoms with E-state index < -0.39 is 16.7 Å². The van der Waals surface area contributed by atoms with Crippen LogP contribution in [0, 0.1) is 17.8 Å². The van der Waals surface area contributed by atoms with Crippen LogP contribution in [0.3, 0.4) is 0 Å². The molecule has 4 aliphatic rings. The highest BCUT2D eigenvalue weighted by atomic mass is 32.2. The van der Waals surface area contributed by atoms with Gasteiger partial charge in [0.25, 0.3) is 0 Å². The zero-order valence-electron chi connectivity index (χ0n) is 20.5. The van der Waals surface area contributed by atoms with E-state index >= 15 is 0 Å². The number of morpholine rings is 1. The number of carbonyl (C=O) groups is 3. The third-order valence-electron chi connectivity index (χ3n) is 7.98. The van der Waals surface area contributed by atoms with E-state index in [9.17, 15) is 19.5 Å². The molecular formula is C24H40N4O5S. The van der Waals surface area contributed by atoms with Crippen LogP contribution in [0.15, 0.2) is 0 Å². The average molecular weight is 497 g/mol. The van der Waals surface area contributed by atoms with Gasteiger partial charge in [-0.25, -0.2) is 0 Å². The molecule has 4 heterocycles. The summed E-state index contributed by atoms with van der Waals surface area (Å²) in [6.45, 7) is 9.67. The van der Waals surface area contributed by atoms with Crippen molar-refractivity contribution in [2.45, 2.75) is 55.6 Å². The minimum Gasteiger partial charge on any atom is -0.396 e. The first kappa shape index (κ1) is 25.7. The standard InChI is InChI=1S/C24H40N4O5S/c1-3-6-25-21(30)18-17-15-16(2)24(34-17)19(18)23(32)28(8-4-5-12-29)20(24)22(31)26-7-9-27-10-13-33-14-11-27/h16-20,29H,3-15H2,1-2H3,(H,25,30)(H,26,31)/t16?,17-,18+,19+,20?,24?/m1/s1. The van der Waals surface area contributed by atoms with Gasteiger partial charge in [-0.1, -0.05) is 13.8 Å². The van der Waals surface area contributed by atoms with Crippen molar-refractivity contribution < 1.29 is 24.2 Å². The van der Waals surface area contributed by atoms with Crippen molar-refractivity contribution in [2.24, 2.45) is 17.8 Å². The molecule has 0 aromatic carbocycles. The van der Waals surface area contributed by atoms with E-state index in [1.165, 1.54) is 0 Å². The Labute approximate surface area is 206 Å². The Hall–Kier alpha value is -1.36. The maximum Gasteiger partial charge on any atom is 0.244 e. The molecule has 3 unspecified atom stereocenters. The molecule has 0 saturated carbocycles. The van der Waals surface area contributed by atoms with Crippen LogP contribution < -0.4 is 10.6 Å². The molecule has 0 aromatic rings. The Morgan fingerprint density at radius 1 is 1.15 bits per heavy atom. The highest BCUT2D eigenvalue weighted by Crippen LogP contribution is 2.68. The van der Waals surface area contributed by atoms with Gasteiger partial charge in [0.1, 0.15) is 6.04 Å². The van der Waals surface area contributed by atoms with Crippen molar-refractivity contribution in [3.63, 3.8) is 0 Å². The van der Waals surface area contributed by atoms with E-state index in [2.05, 4.69) is 22.5 Å². The predicted octanol–water partition coefficient (Wildman–Crippen LogP) is 0.0707. The summed E-state index contributed by atoms with van der Waals surface area (Å²) >= 11 is 1.71. The van der Waals surface area contributed by atoms with Gasteiger partial charge in [0.2, 0.25) is 17.7 Å². The summed E-state index contributed by atoms with van der Waals surface area (Å²) in [7, 11) is 0. The van der Waals surface area contributed by atoms with Crippen LogP contribution in [0.5, 0.6) is 0 Å². The van der Waals surface area contributed by atoms with Crippen molar-refractivity contribution in [3.8, 4) is 0 Å². The molecule has 9 nitrogen and oxygen atoms in total. The fraction of sp³-hybridized carbons (Fsp3) is 0.875. The molecule has 34 heavy (non-hydrogen) atoms. The largest absolute Gasteiger partial charge is 0.396 e. The molecule has 192 valence electrons. The third kappa shape index (κ3) is 4.58. The van der Waals surface area contributed by atoms with E-state index in [1.54, 1.807) is 16.7 Å². The van der Waals surface area contributed by atoms with Crippen LogP contribution in [0.1, 0.15) is 39.5 Å². The molecule has 0 radical (unpaired) electrons. The molecule has 1 spiro atoms. The first-order valence-corrected chi connectivity index (χ1v) is 13.8. The highest BCUT2D eigenvalue weighted by molar-refractivity contribution is 8.02. The predicted molar refractivity (Wildman–Crippen MR) is 130 cm³/mol. The number of likely N-dealkylation sites (tertiary alicyclic amines) is 1. The van der Waals surface area contributed by atoms with Crippen LogP contribution in [0.25, 0.3) is 0 Å². The number of fused-ring (bicyclic) bond motifs is 1. The summed E-state index contributed by atoms with van der Waals surface area (Å²) in [6, 6.07) is -0.581. The lowest BCUT2D eigenvalue weighted by atomic mass is 9.66. The zero-order valence-corrected chi connectivity index (χ0v) is 21.3. The fourth-order valence-electron chi connectivity index (χ4n) is 6.38. The first-order chi connectivity index (χ1) is 16.5. The number of thioether (sulfide) groups is 1. The van der Waals surface area contributed by atoms with Gasteiger partial charge in [0, 0.05) is 51.1 Å². The number of aliphatic hydroxyl groups is 1. The Morgan fingerprint density at radius 2 is 1.88 bits per heavy atom. The maximum absolute atomic E-state index is 13.8. The monoisotopic (exact) mass is 496 g/mol. The van der Waals surface area contributed by atoms with Crippen LogP contribution in [0.2, 0.25) is 0 Å². The molecule has 4 aliphatic heterocycles. The number of nitrogens with one attached hydrogen (secondary N) is 2. The summed E-state index contributed by atoms with van der Waals surface area (Å²) < 4.78 is 4.83. The quantitative estimate of drug-likeness (QED) is 0.347. The zero-order chi connectivity index (χ0) is 24.3. The van der Waals surface area contributed by atoms with E-state index in [0.29, 0.717) is 45.7 Å². The topological polar surface area (TPSA) is 111 Å². The fourth-order valence-corrected chi connectivity index (χ4v) is 8.80. The second-order valence-electron chi connectivity index (χ2n) is 10.1. The number of carbonyl (C=O) groups excluding carboxylic acids is 3. The third-order valence-corrected chi connectivity index (χ3v) is 10.1. The van der Waals surface area contributed by atoms with Gasteiger partial charge in [0.15, 0.2) is 0 Å². The molecule has 4 fully saturated rings. The Kier molecular flexibility index (Phi) is 8.43. The van der Waals surface area contributed by atoms with Gasteiger partial charge in [-0.3, -0.25) is 19.3 Å². The van der Waals surface area contributed by atoms with Crippen molar-refractivity contribution in [1.82, 2.24) is 20.4 Å². The van der Waals surface area contributed by atoms with E-state index in [4.69, 9.17) is 4.74 Å². The highest BCUT2D eigenvalue weighted by Gasteiger charge is 2.75. The number of nitrogens with zero attached hydrogens (tertiary/aromatic N) is 2. The lowest BCUT2D eigenvalue weighted by Crippen LogP contribution is -2.57. The number of rotatable bonds is 11. The van der Waals surface area contributed by atoms with Gasteiger partial charge >= 0.3 is 0 Å². The maximum atomic E-state index is 13.8. The van der Waals surface area contributed by atoms with Gasteiger partial charge in [-0.2, -0.15) is 0 Å². The molecule has 4 rings (SSSR count). The molecule has 10 heteroatoms. The minimum absolute atomic E-state index is 0.0461. The summed E-state index contributed by atoms with van der Waals surface area (Å²) in [5, 5.41) is 15.5. The minimum atomic E-state index is -0.581. The Balaban J connectivity index is 1.54. The van der Waals surface area contributed by atoms with Crippen LogP contribution in [-0.4, -0.2) is 108 Å². The number of aliphatic hydroxyl groups excluding tert-OH is 1. The molecule has 3 amide bonds. The summed E-state index contributed by atoms with van der Waals surface area (Å²) in [5.74, 6) is -0.897. The van der Waals surface area contributed by atoms with E-state index in [0.717, 1.165) is 32.5 Å². The lowest BCUT2D eigenvalue weighted by Gasteiger charge is -2.38. The number of amides is 3. The van der Waals surface area contributed by atoms with Crippen molar-refractivity contribution in [3.05, 3.63) is 0 Å². The van der Waals surface area contributed by atoms with Crippen LogP contribution in [-0.2, 0) is 19.1 Å². The molecule has 0 aromatic heterocycles. The van der Waals surface area contributed by atoms with Gasteiger partial charge in [0.05, 0.1) is 29.8 Å². The van der Waals surface area contributed by atoms with E-state index in [1.807, 2.05) is 6.92 Å². The number of hydrogen-bond acceptors (Lipinski definition) is 7. The number of hydrogen-bond donors (Lipinski definition) is 3. The van der Waals surface area contributed by atoms with Crippen molar-refractivity contribution in [2.75, 3.05) is 59.1 Å². The van der Waals surface area contributed by atoms with Crippen molar-refractivity contribution in [1.29, 1.82) is 0 Å². The van der Waals surface area contributed by atoms with Crippen molar-refractivity contribution >= 4 is 29.5 Å². The van der Waals surface area contributed by atoms with Crippen LogP contribution in [0.4, 0.5) is 0 Å². The van der Waals surface area contributed by atoms with Gasteiger partial charge in [-0.15, -0.1) is 11.8 Å². The average Bonchev–Trinajstić information content (AvgIpc) is 3.42. The van der Waals surface area contributed by atoms with Gasteiger partial charge < -0.3 is 25.4 Å². The molecule has 2 bridgehead atoms. The normalized spacial score (nSPS) is 35.0. The smallest absolute Gasteiger partial charge is 0.244 e. The van der Waals surface area contributed by atoms with E-state index in [-0.39, 0.29) is 41.4 Å². The van der Waals surface area contributed by atoms with Crippen LogP contribution >= 0.6 is 11.8 Å². The molecule has 4 saturated heterocycles. The lowest BCUT2D eigenvalue weighted by molar-refractivity contribution is -0.140. The Bertz CT molecular complexity index is 764. The molecule has 3 N–H and O–H groups in total. The summed E-state index contributed by atoms with van der Waals surface area (Å²) in [6.07, 6.45) is 2.91. The number of unbranched alkanes of at least 4 members (excludes halogenated alkanes) is 1. The number of ether oxygens (including phenoxy) is 1. The second-order valence-corrected chi connectivity index (χ2v) is 11.6. The summed E-state index contributed by atoms with van der Waals surface area (Å²) in [5.41, 5.74) is 0. The molecule has 0 aliphatic carbocycles. The van der Waals surface area contributed by atoms with Gasteiger partial charge in [-0.05, 0) is 31.6 Å². The molecular weight excluding hydrogens is 456 g/mol. The SMILES string of the molecule is CCCNC(=O)[C@@H]1[C@H]2C(=O)N(CCCCO)C(C(=O)NCCN3CCOCC3)C23S[C@@H]1CC3C. The molecule has 6 atom stereocenters. The second kappa shape index (κ2) is 11.1. The summed E-state index contributed by atoms with van der Waals surface area (Å²) in [4.78, 5) is 44.6.